The smallest absolute Gasteiger partial charge is 0.257 e. The molecule has 0 aliphatic rings. The van der Waals surface area contributed by atoms with Crippen molar-refractivity contribution in [2.45, 2.75) is 33.2 Å². The summed E-state index contributed by atoms with van der Waals surface area (Å²) in [6, 6.07) is 12.5. The highest BCUT2D eigenvalue weighted by Gasteiger charge is 2.13. The van der Waals surface area contributed by atoms with Gasteiger partial charge in [-0.05, 0) is 44.2 Å². The van der Waals surface area contributed by atoms with Crippen LogP contribution in [0.1, 0.15) is 37.6 Å². The van der Waals surface area contributed by atoms with Gasteiger partial charge in [0, 0.05) is 23.8 Å². The molecule has 0 atom stereocenters. The second-order valence-corrected chi connectivity index (χ2v) is 6.30. The van der Waals surface area contributed by atoms with Crippen LogP contribution in [0.5, 0.6) is 0 Å². The number of carbonyl (C=O) groups is 2. The van der Waals surface area contributed by atoms with Crippen LogP contribution in [0, 0.1) is 0 Å². The molecule has 2 aromatic carbocycles. The number of anilines is 3. The summed E-state index contributed by atoms with van der Waals surface area (Å²) in [6.45, 7) is 5.79. The lowest BCUT2D eigenvalue weighted by molar-refractivity contribution is -0.115. The molecule has 2 aromatic rings. The monoisotopic (exact) mass is 359 g/mol. The van der Waals surface area contributed by atoms with Crippen LogP contribution in [-0.4, -0.2) is 17.9 Å². The van der Waals surface area contributed by atoms with Gasteiger partial charge in [-0.15, -0.1) is 0 Å². The number of hydrogen-bond donors (Lipinski definition) is 3. The Kier molecular flexibility index (Phi) is 6.42. The summed E-state index contributed by atoms with van der Waals surface area (Å²) < 4.78 is 0. The standard InChI is InChI=1S/C19H22ClN3O2/c1-4-18(24)23-17-10-9-13(11-15(17)20)22-19(25)14-7-5-6-8-16(14)21-12(2)3/h5-12,21H,4H2,1-3H3,(H,22,25)(H,23,24). The maximum atomic E-state index is 12.6. The maximum absolute atomic E-state index is 12.6. The Morgan fingerprint density at radius 3 is 2.40 bits per heavy atom. The molecule has 0 spiro atoms. The Bertz CT molecular complexity index is 775. The van der Waals surface area contributed by atoms with Crippen LogP contribution in [0.25, 0.3) is 0 Å². The summed E-state index contributed by atoms with van der Waals surface area (Å²) in [5, 5.41) is 9.16. The van der Waals surface area contributed by atoms with E-state index >= 15 is 0 Å². The molecule has 132 valence electrons. The highest BCUT2D eigenvalue weighted by molar-refractivity contribution is 6.34. The number of halogens is 1. The van der Waals surface area contributed by atoms with Crippen LogP contribution in [0.2, 0.25) is 5.02 Å². The first kappa shape index (κ1) is 18.8. The number of carbonyl (C=O) groups excluding carboxylic acids is 2. The molecule has 0 saturated heterocycles. The Labute approximate surface area is 152 Å². The zero-order valence-corrected chi connectivity index (χ0v) is 15.3. The molecular weight excluding hydrogens is 338 g/mol. The fourth-order valence-corrected chi connectivity index (χ4v) is 2.48. The van der Waals surface area contributed by atoms with Crippen LogP contribution in [0.15, 0.2) is 42.5 Å². The second kappa shape index (κ2) is 8.53. The molecule has 5 nitrogen and oxygen atoms in total. The molecule has 0 radical (unpaired) electrons. The third kappa shape index (κ3) is 5.22. The van der Waals surface area contributed by atoms with E-state index in [0.717, 1.165) is 5.69 Å². The molecule has 3 N–H and O–H groups in total. The number of rotatable bonds is 6. The maximum Gasteiger partial charge on any atom is 0.257 e. The number of benzene rings is 2. The average molecular weight is 360 g/mol. The van der Waals surface area contributed by atoms with Gasteiger partial charge in [-0.25, -0.2) is 0 Å². The lowest BCUT2D eigenvalue weighted by Gasteiger charge is -2.15. The summed E-state index contributed by atoms with van der Waals surface area (Å²) in [5.74, 6) is -0.350. The molecule has 0 aromatic heterocycles. The van der Waals surface area contributed by atoms with E-state index in [0.29, 0.717) is 28.4 Å². The largest absolute Gasteiger partial charge is 0.382 e. The van der Waals surface area contributed by atoms with Gasteiger partial charge in [0.15, 0.2) is 0 Å². The van der Waals surface area contributed by atoms with Crippen molar-refractivity contribution in [1.29, 1.82) is 0 Å². The Morgan fingerprint density at radius 1 is 1.04 bits per heavy atom. The van der Waals surface area contributed by atoms with E-state index in [9.17, 15) is 9.59 Å². The predicted octanol–water partition coefficient (Wildman–Crippen LogP) is 4.76. The van der Waals surface area contributed by atoms with E-state index < -0.39 is 0 Å². The van der Waals surface area contributed by atoms with Crippen molar-refractivity contribution >= 4 is 40.5 Å². The Balaban J connectivity index is 2.16. The zero-order valence-electron chi connectivity index (χ0n) is 14.5. The van der Waals surface area contributed by atoms with Gasteiger partial charge in [-0.1, -0.05) is 30.7 Å². The average Bonchev–Trinajstić information content (AvgIpc) is 2.57. The fourth-order valence-electron chi connectivity index (χ4n) is 2.25. The van der Waals surface area contributed by atoms with Crippen LogP contribution in [0.4, 0.5) is 17.1 Å². The van der Waals surface area contributed by atoms with Crippen LogP contribution in [-0.2, 0) is 4.79 Å². The third-order valence-corrected chi connectivity index (χ3v) is 3.75. The normalized spacial score (nSPS) is 10.4. The summed E-state index contributed by atoms with van der Waals surface area (Å²) in [4.78, 5) is 24.0. The molecule has 2 rings (SSSR count). The zero-order chi connectivity index (χ0) is 18.4. The van der Waals surface area contributed by atoms with Gasteiger partial charge in [-0.2, -0.15) is 0 Å². The minimum Gasteiger partial charge on any atom is -0.382 e. The lowest BCUT2D eigenvalue weighted by Crippen LogP contribution is -2.17. The van der Waals surface area contributed by atoms with E-state index in [2.05, 4.69) is 16.0 Å². The molecule has 0 saturated carbocycles. The molecule has 6 heteroatoms. The van der Waals surface area contributed by atoms with Gasteiger partial charge in [0.05, 0.1) is 16.3 Å². The number of nitrogens with one attached hydrogen (secondary N) is 3. The van der Waals surface area contributed by atoms with Gasteiger partial charge in [-0.3, -0.25) is 9.59 Å². The summed E-state index contributed by atoms with van der Waals surface area (Å²) in [6.07, 6.45) is 0.369. The van der Waals surface area contributed by atoms with Crippen molar-refractivity contribution in [2.24, 2.45) is 0 Å². The third-order valence-electron chi connectivity index (χ3n) is 3.44. The van der Waals surface area contributed by atoms with Crippen LogP contribution in [0.3, 0.4) is 0 Å². The van der Waals surface area contributed by atoms with Crippen molar-refractivity contribution in [2.75, 3.05) is 16.0 Å². The van der Waals surface area contributed by atoms with E-state index in [1.807, 2.05) is 32.0 Å². The van der Waals surface area contributed by atoms with E-state index in [4.69, 9.17) is 11.6 Å². The number of amides is 2. The molecule has 0 aliphatic carbocycles. The quantitative estimate of drug-likeness (QED) is 0.696. The first-order chi connectivity index (χ1) is 11.9. The van der Waals surface area contributed by atoms with Gasteiger partial charge >= 0.3 is 0 Å². The highest BCUT2D eigenvalue weighted by atomic mass is 35.5. The van der Waals surface area contributed by atoms with Crippen molar-refractivity contribution in [3.05, 3.63) is 53.1 Å². The summed E-state index contributed by atoms with van der Waals surface area (Å²) in [7, 11) is 0. The first-order valence-electron chi connectivity index (χ1n) is 8.17. The van der Waals surface area contributed by atoms with Crippen molar-refractivity contribution in [3.63, 3.8) is 0 Å². The predicted molar refractivity (Wildman–Crippen MR) is 104 cm³/mol. The first-order valence-corrected chi connectivity index (χ1v) is 8.54. The Hall–Kier alpha value is -2.53. The van der Waals surface area contributed by atoms with E-state index in [1.54, 1.807) is 31.2 Å². The Morgan fingerprint density at radius 2 is 1.76 bits per heavy atom. The van der Waals surface area contributed by atoms with E-state index in [1.165, 1.54) is 0 Å². The molecule has 25 heavy (non-hydrogen) atoms. The molecule has 2 amide bonds. The highest BCUT2D eigenvalue weighted by Crippen LogP contribution is 2.26. The van der Waals surface area contributed by atoms with Gasteiger partial charge < -0.3 is 16.0 Å². The molecule has 0 aliphatic heterocycles. The minimum atomic E-state index is -0.231. The van der Waals surface area contributed by atoms with Gasteiger partial charge in [0.25, 0.3) is 5.91 Å². The fraction of sp³-hybridized carbons (Fsp3) is 0.263. The molecule has 0 unspecified atom stereocenters. The number of hydrogen-bond acceptors (Lipinski definition) is 3. The minimum absolute atomic E-state index is 0.118. The molecule has 0 heterocycles. The van der Waals surface area contributed by atoms with Crippen molar-refractivity contribution < 1.29 is 9.59 Å². The van der Waals surface area contributed by atoms with Gasteiger partial charge in [0.2, 0.25) is 5.91 Å². The molecule has 0 bridgehead atoms. The summed E-state index contributed by atoms with van der Waals surface area (Å²) >= 11 is 6.18. The van der Waals surface area contributed by atoms with E-state index in [-0.39, 0.29) is 17.9 Å². The van der Waals surface area contributed by atoms with Crippen molar-refractivity contribution in [3.8, 4) is 0 Å². The van der Waals surface area contributed by atoms with Gasteiger partial charge in [0.1, 0.15) is 0 Å². The van der Waals surface area contributed by atoms with Crippen LogP contribution < -0.4 is 16.0 Å². The second-order valence-electron chi connectivity index (χ2n) is 5.90. The molecule has 0 fully saturated rings. The number of para-hydroxylation sites is 1. The summed E-state index contributed by atoms with van der Waals surface area (Å²) in [5.41, 5.74) is 2.40. The van der Waals surface area contributed by atoms with Crippen LogP contribution >= 0.6 is 11.6 Å². The topological polar surface area (TPSA) is 70.2 Å². The van der Waals surface area contributed by atoms with Crippen molar-refractivity contribution in [1.82, 2.24) is 0 Å². The molecular formula is C19H22ClN3O2. The SMILES string of the molecule is CCC(=O)Nc1ccc(NC(=O)c2ccccc2NC(C)C)cc1Cl. The lowest BCUT2D eigenvalue weighted by atomic mass is 10.1.